The molecule has 0 aliphatic carbocycles. The molecule has 1 aromatic heterocycles. The van der Waals surface area contributed by atoms with Gasteiger partial charge >= 0.3 is 5.97 Å². The largest absolute Gasteiger partial charge is 0.464 e. The van der Waals surface area contributed by atoms with Crippen LogP contribution >= 0.6 is 15.9 Å². The predicted octanol–water partition coefficient (Wildman–Crippen LogP) is 2.94. The maximum Gasteiger partial charge on any atom is 0.328 e. The lowest BCUT2D eigenvalue weighted by Gasteiger charge is -2.16. The lowest BCUT2D eigenvalue weighted by atomic mass is 10.1. The van der Waals surface area contributed by atoms with Gasteiger partial charge in [0.25, 0.3) is 0 Å². The van der Waals surface area contributed by atoms with E-state index in [9.17, 15) is 4.79 Å². The molecule has 0 fully saturated rings. The van der Waals surface area contributed by atoms with Gasteiger partial charge < -0.3 is 15.8 Å². The summed E-state index contributed by atoms with van der Waals surface area (Å²) in [5.74, 6) is -0.297. The van der Waals surface area contributed by atoms with Gasteiger partial charge in [0, 0.05) is 21.7 Å². The number of carbonyl (C=O) groups excluding carboxylic acids is 1. The molecular formula is C14H16BrN3O2. The van der Waals surface area contributed by atoms with Gasteiger partial charge in [-0.1, -0.05) is 0 Å². The number of ether oxygens (including phenoxy) is 1. The number of fused-ring (bicyclic) bond motifs is 1. The second-order valence-electron chi connectivity index (χ2n) is 4.37. The van der Waals surface area contributed by atoms with E-state index >= 15 is 0 Å². The highest BCUT2D eigenvalue weighted by Gasteiger charge is 2.15. The van der Waals surface area contributed by atoms with Crippen LogP contribution < -0.4 is 11.1 Å². The first-order valence-electron chi connectivity index (χ1n) is 6.29. The number of nitrogens with one attached hydrogen (secondary N) is 1. The van der Waals surface area contributed by atoms with Crippen LogP contribution in [0.3, 0.4) is 0 Å². The number of anilines is 2. The van der Waals surface area contributed by atoms with E-state index in [1.807, 2.05) is 12.1 Å². The molecule has 0 saturated carbocycles. The molecule has 3 N–H and O–H groups in total. The molecule has 0 amide bonds. The van der Waals surface area contributed by atoms with Gasteiger partial charge in [0.15, 0.2) is 0 Å². The number of hydrogen-bond acceptors (Lipinski definition) is 5. The number of carbonyl (C=O) groups is 1. The first-order valence-corrected chi connectivity index (χ1v) is 7.09. The SMILES string of the molecule is CCOC(=O)C(C)Nc1ccc(N)c2cc(Br)cnc12. The van der Waals surface area contributed by atoms with E-state index in [0.717, 1.165) is 21.1 Å². The van der Waals surface area contributed by atoms with Crippen molar-refractivity contribution < 1.29 is 9.53 Å². The quantitative estimate of drug-likeness (QED) is 0.662. The fourth-order valence-electron chi connectivity index (χ4n) is 1.89. The molecular weight excluding hydrogens is 322 g/mol. The topological polar surface area (TPSA) is 77.2 Å². The van der Waals surface area contributed by atoms with Gasteiger partial charge in [0.05, 0.1) is 17.8 Å². The van der Waals surface area contributed by atoms with Gasteiger partial charge in [-0.15, -0.1) is 0 Å². The fraction of sp³-hybridized carbons (Fsp3) is 0.286. The normalized spacial score (nSPS) is 12.2. The van der Waals surface area contributed by atoms with Crippen molar-refractivity contribution in [1.29, 1.82) is 0 Å². The van der Waals surface area contributed by atoms with Crippen molar-refractivity contribution in [2.24, 2.45) is 0 Å². The zero-order valence-electron chi connectivity index (χ0n) is 11.3. The summed E-state index contributed by atoms with van der Waals surface area (Å²) in [4.78, 5) is 16.0. The Morgan fingerprint density at radius 2 is 2.30 bits per heavy atom. The second kappa shape index (κ2) is 6.09. The average Bonchev–Trinajstić information content (AvgIpc) is 2.42. The Kier molecular flexibility index (Phi) is 4.44. The number of rotatable bonds is 4. The predicted molar refractivity (Wildman–Crippen MR) is 83.6 cm³/mol. The van der Waals surface area contributed by atoms with Crippen molar-refractivity contribution >= 4 is 44.2 Å². The second-order valence-corrected chi connectivity index (χ2v) is 5.29. The molecule has 0 saturated heterocycles. The molecule has 0 aliphatic rings. The van der Waals surface area contributed by atoms with Crippen LogP contribution in [-0.4, -0.2) is 23.6 Å². The molecule has 2 aromatic rings. The van der Waals surface area contributed by atoms with Crippen molar-refractivity contribution in [2.45, 2.75) is 19.9 Å². The Hall–Kier alpha value is -1.82. The molecule has 0 radical (unpaired) electrons. The minimum absolute atomic E-state index is 0.297. The minimum Gasteiger partial charge on any atom is -0.464 e. The summed E-state index contributed by atoms with van der Waals surface area (Å²) in [5, 5.41) is 3.94. The van der Waals surface area contributed by atoms with E-state index < -0.39 is 6.04 Å². The van der Waals surface area contributed by atoms with Crippen LogP contribution in [0.1, 0.15) is 13.8 Å². The van der Waals surface area contributed by atoms with Gasteiger partial charge in [-0.2, -0.15) is 0 Å². The molecule has 20 heavy (non-hydrogen) atoms. The molecule has 0 aliphatic heterocycles. The third kappa shape index (κ3) is 3.01. The minimum atomic E-state index is -0.452. The molecule has 0 bridgehead atoms. The summed E-state index contributed by atoms with van der Waals surface area (Å²) >= 11 is 3.37. The number of pyridine rings is 1. The van der Waals surface area contributed by atoms with Gasteiger partial charge in [0.1, 0.15) is 6.04 Å². The lowest BCUT2D eigenvalue weighted by molar-refractivity contribution is -0.143. The Morgan fingerprint density at radius 3 is 3.00 bits per heavy atom. The number of halogens is 1. The van der Waals surface area contributed by atoms with Crippen LogP contribution in [-0.2, 0) is 9.53 Å². The number of esters is 1. The summed E-state index contributed by atoms with van der Waals surface area (Å²) in [6, 6.07) is 5.05. The van der Waals surface area contributed by atoms with Crippen molar-refractivity contribution in [3.05, 3.63) is 28.9 Å². The van der Waals surface area contributed by atoms with Gasteiger partial charge in [-0.25, -0.2) is 4.79 Å². The van der Waals surface area contributed by atoms with Gasteiger partial charge in [0.2, 0.25) is 0 Å². The van der Waals surface area contributed by atoms with Crippen LogP contribution in [0.5, 0.6) is 0 Å². The Balaban J connectivity index is 2.36. The highest BCUT2D eigenvalue weighted by molar-refractivity contribution is 9.10. The molecule has 106 valence electrons. The van der Waals surface area contributed by atoms with Crippen LogP contribution in [0.15, 0.2) is 28.9 Å². The summed E-state index contributed by atoms with van der Waals surface area (Å²) in [5.41, 5.74) is 8.07. The third-order valence-electron chi connectivity index (χ3n) is 2.86. The standard InChI is InChI=1S/C14H16BrN3O2/c1-3-20-14(19)8(2)18-12-5-4-11(16)10-6-9(15)7-17-13(10)12/h4-8,18H,3,16H2,1-2H3. The monoisotopic (exact) mass is 337 g/mol. The average molecular weight is 338 g/mol. The first kappa shape index (κ1) is 14.6. The smallest absolute Gasteiger partial charge is 0.328 e. The third-order valence-corrected chi connectivity index (χ3v) is 3.30. The molecule has 5 nitrogen and oxygen atoms in total. The molecule has 1 unspecified atom stereocenters. The number of benzene rings is 1. The van der Waals surface area contributed by atoms with Gasteiger partial charge in [-0.3, -0.25) is 4.98 Å². The van der Waals surface area contributed by atoms with Crippen molar-refractivity contribution in [3.8, 4) is 0 Å². The number of nitrogens with zero attached hydrogens (tertiary/aromatic N) is 1. The fourth-order valence-corrected chi connectivity index (χ4v) is 2.22. The zero-order chi connectivity index (χ0) is 14.7. The van der Waals surface area contributed by atoms with Crippen LogP contribution in [0.4, 0.5) is 11.4 Å². The van der Waals surface area contributed by atoms with E-state index in [4.69, 9.17) is 10.5 Å². The number of hydrogen-bond donors (Lipinski definition) is 2. The molecule has 1 heterocycles. The number of aromatic nitrogens is 1. The molecule has 6 heteroatoms. The molecule has 2 rings (SSSR count). The van der Waals surface area contributed by atoms with E-state index in [0.29, 0.717) is 12.3 Å². The van der Waals surface area contributed by atoms with Crippen LogP contribution in [0.25, 0.3) is 10.9 Å². The van der Waals surface area contributed by atoms with Gasteiger partial charge in [-0.05, 0) is 48.0 Å². The van der Waals surface area contributed by atoms with Crippen molar-refractivity contribution in [3.63, 3.8) is 0 Å². The maximum absolute atomic E-state index is 11.7. The first-order chi connectivity index (χ1) is 9.52. The number of nitrogen functional groups attached to an aromatic ring is 1. The van der Waals surface area contributed by atoms with Crippen molar-refractivity contribution in [1.82, 2.24) is 4.98 Å². The summed E-state index contributed by atoms with van der Waals surface area (Å²) in [6.07, 6.45) is 1.70. The zero-order valence-corrected chi connectivity index (χ0v) is 12.9. The highest BCUT2D eigenvalue weighted by Crippen LogP contribution is 2.29. The maximum atomic E-state index is 11.7. The Labute approximate surface area is 125 Å². The van der Waals surface area contributed by atoms with E-state index in [-0.39, 0.29) is 5.97 Å². The van der Waals surface area contributed by atoms with E-state index in [1.165, 1.54) is 0 Å². The Bertz CT molecular complexity index is 646. The van der Waals surface area contributed by atoms with Crippen LogP contribution in [0, 0.1) is 0 Å². The molecule has 1 aromatic carbocycles. The van der Waals surface area contributed by atoms with E-state index in [1.54, 1.807) is 26.1 Å². The lowest BCUT2D eigenvalue weighted by Crippen LogP contribution is -2.28. The molecule has 0 spiro atoms. The summed E-state index contributed by atoms with van der Waals surface area (Å²) < 4.78 is 5.83. The molecule has 1 atom stereocenters. The van der Waals surface area contributed by atoms with Crippen molar-refractivity contribution in [2.75, 3.05) is 17.7 Å². The highest BCUT2D eigenvalue weighted by atomic mass is 79.9. The number of nitrogens with two attached hydrogens (primary N) is 1. The van der Waals surface area contributed by atoms with Crippen LogP contribution in [0.2, 0.25) is 0 Å². The summed E-state index contributed by atoms with van der Waals surface area (Å²) in [6.45, 7) is 3.89. The Morgan fingerprint density at radius 1 is 1.55 bits per heavy atom. The van der Waals surface area contributed by atoms with E-state index in [2.05, 4.69) is 26.2 Å². The summed E-state index contributed by atoms with van der Waals surface area (Å²) in [7, 11) is 0.